The van der Waals surface area contributed by atoms with E-state index in [9.17, 15) is 14.9 Å². The molecule has 23 heavy (non-hydrogen) atoms. The van der Waals surface area contributed by atoms with E-state index in [4.69, 9.17) is 5.73 Å². The maximum Gasteiger partial charge on any atom is 0.283 e. The second-order valence-corrected chi connectivity index (χ2v) is 4.83. The molecule has 2 N–H and O–H groups in total. The lowest BCUT2D eigenvalue weighted by molar-refractivity contribution is -0.384. The Labute approximate surface area is 129 Å². The predicted molar refractivity (Wildman–Crippen MR) is 82.8 cm³/mol. The molecule has 0 saturated carbocycles. The number of hydrogen-bond acceptors (Lipinski definition) is 7. The van der Waals surface area contributed by atoms with Crippen molar-refractivity contribution < 1.29 is 4.92 Å². The summed E-state index contributed by atoms with van der Waals surface area (Å²) in [5.41, 5.74) is 6.69. The number of non-ortho nitro benzene ring substituents is 1. The fourth-order valence-corrected chi connectivity index (χ4v) is 2.21. The molecular formula is C14H12N6O3. The van der Waals surface area contributed by atoms with E-state index in [-0.39, 0.29) is 28.4 Å². The van der Waals surface area contributed by atoms with Crippen LogP contribution in [0.2, 0.25) is 0 Å². The van der Waals surface area contributed by atoms with Crippen LogP contribution < -0.4 is 11.3 Å². The Hall–Kier alpha value is -3.36. The summed E-state index contributed by atoms with van der Waals surface area (Å²) in [4.78, 5) is 34.5. The normalized spacial score (nSPS) is 10.8. The SMILES string of the molecule is Nc1nc2nccnc2c(=O)n1CCc1ccc([N+](=O)[O-])cc1. The quantitative estimate of drug-likeness (QED) is 0.560. The van der Waals surface area contributed by atoms with Crippen molar-refractivity contribution in [3.63, 3.8) is 0 Å². The van der Waals surface area contributed by atoms with Gasteiger partial charge >= 0.3 is 0 Å². The minimum atomic E-state index is -0.460. The number of aromatic nitrogens is 4. The van der Waals surface area contributed by atoms with Crippen LogP contribution in [0.25, 0.3) is 11.2 Å². The third kappa shape index (κ3) is 2.84. The number of nitro groups is 1. The summed E-state index contributed by atoms with van der Waals surface area (Å²) in [7, 11) is 0. The van der Waals surface area contributed by atoms with E-state index < -0.39 is 4.92 Å². The van der Waals surface area contributed by atoms with Gasteiger partial charge in [-0.05, 0) is 12.0 Å². The van der Waals surface area contributed by atoms with Gasteiger partial charge in [-0.1, -0.05) is 12.1 Å². The van der Waals surface area contributed by atoms with E-state index >= 15 is 0 Å². The summed E-state index contributed by atoms with van der Waals surface area (Å²) in [6, 6.07) is 6.14. The Morgan fingerprint density at radius 3 is 2.57 bits per heavy atom. The predicted octanol–water partition coefficient (Wildman–Crippen LogP) is 0.920. The van der Waals surface area contributed by atoms with Crippen molar-refractivity contribution in [2.75, 3.05) is 5.73 Å². The monoisotopic (exact) mass is 312 g/mol. The van der Waals surface area contributed by atoms with Crippen molar-refractivity contribution >= 4 is 22.8 Å². The lowest BCUT2D eigenvalue weighted by Gasteiger charge is -2.09. The highest BCUT2D eigenvalue weighted by molar-refractivity contribution is 5.68. The maximum atomic E-state index is 12.4. The van der Waals surface area contributed by atoms with Crippen LogP contribution in [-0.4, -0.2) is 24.4 Å². The molecule has 0 spiro atoms. The summed E-state index contributed by atoms with van der Waals surface area (Å²) in [5, 5.41) is 10.6. The zero-order valence-electron chi connectivity index (χ0n) is 11.9. The van der Waals surface area contributed by atoms with Gasteiger partial charge in [0.15, 0.2) is 11.2 Å². The third-order valence-electron chi connectivity index (χ3n) is 3.39. The van der Waals surface area contributed by atoms with Crippen LogP contribution in [0.4, 0.5) is 11.6 Å². The Bertz CT molecular complexity index is 935. The number of rotatable bonds is 4. The summed E-state index contributed by atoms with van der Waals surface area (Å²) < 4.78 is 1.32. The van der Waals surface area contributed by atoms with Gasteiger partial charge in [0.1, 0.15) is 0 Å². The minimum Gasteiger partial charge on any atom is -0.369 e. The minimum absolute atomic E-state index is 0.0214. The van der Waals surface area contributed by atoms with Crippen molar-refractivity contribution in [3.05, 3.63) is 62.7 Å². The Morgan fingerprint density at radius 1 is 1.17 bits per heavy atom. The van der Waals surface area contributed by atoms with Gasteiger partial charge in [-0.3, -0.25) is 19.5 Å². The van der Waals surface area contributed by atoms with Crippen LogP contribution in [-0.2, 0) is 13.0 Å². The first-order chi connectivity index (χ1) is 11.1. The molecule has 2 heterocycles. The van der Waals surface area contributed by atoms with Gasteiger partial charge in [-0.25, -0.2) is 9.97 Å². The number of nitrogen functional groups attached to an aromatic ring is 1. The number of nitro benzene ring substituents is 1. The van der Waals surface area contributed by atoms with E-state index in [2.05, 4.69) is 15.0 Å². The molecule has 0 saturated heterocycles. The molecule has 0 unspecified atom stereocenters. The molecular weight excluding hydrogens is 300 g/mol. The average molecular weight is 312 g/mol. The number of nitrogens with two attached hydrogens (primary N) is 1. The summed E-state index contributed by atoms with van der Waals surface area (Å²) in [6.45, 7) is 0.294. The molecule has 0 aliphatic heterocycles. The maximum absolute atomic E-state index is 12.4. The number of benzene rings is 1. The van der Waals surface area contributed by atoms with Crippen molar-refractivity contribution in [2.24, 2.45) is 0 Å². The van der Waals surface area contributed by atoms with E-state index in [1.165, 1.54) is 29.1 Å². The van der Waals surface area contributed by atoms with Gasteiger partial charge in [0.05, 0.1) is 4.92 Å². The van der Waals surface area contributed by atoms with Crippen molar-refractivity contribution in [2.45, 2.75) is 13.0 Å². The Kier molecular flexibility index (Phi) is 3.67. The van der Waals surface area contributed by atoms with Crippen molar-refractivity contribution in [1.29, 1.82) is 0 Å². The molecule has 0 bridgehead atoms. The van der Waals surface area contributed by atoms with Gasteiger partial charge in [0, 0.05) is 31.1 Å². The fourth-order valence-electron chi connectivity index (χ4n) is 2.21. The lowest BCUT2D eigenvalue weighted by atomic mass is 10.1. The molecule has 1 aromatic carbocycles. The standard InChI is InChI=1S/C14H12N6O3/c15-14-18-12-11(16-6-7-17-12)13(21)19(14)8-5-9-1-3-10(4-2-9)20(22)23/h1-4,6-7H,5,8H2,(H2,15,17,18). The van der Waals surface area contributed by atoms with Crippen LogP contribution in [0.5, 0.6) is 0 Å². The molecule has 0 radical (unpaired) electrons. The molecule has 3 aromatic rings. The summed E-state index contributed by atoms with van der Waals surface area (Å²) in [5.74, 6) is 0.0601. The van der Waals surface area contributed by atoms with E-state index in [1.54, 1.807) is 12.1 Å². The van der Waals surface area contributed by atoms with Crippen LogP contribution >= 0.6 is 0 Å². The Morgan fingerprint density at radius 2 is 1.87 bits per heavy atom. The fraction of sp³-hybridized carbons (Fsp3) is 0.143. The van der Waals surface area contributed by atoms with Gasteiger partial charge in [0.2, 0.25) is 5.95 Å². The number of anilines is 1. The molecule has 9 nitrogen and oxygen atoms in total. The number of fused-ring (bicyclic) bond motifs is 1. The van der Waals surface area contributed by atoms with Crippen LogP contribution in [0.15, 0.2) is 41.5 Å². The first kappa shape index (κ1) is 14.6. The van der Waals surface area contributed by atoms with Gasteiger partial charge in [-0.2, -0.15) is 4.98 Å². The van der Waals surface area contributed by atoms with Crippen LogP contribution in [0.3, 0.4) is 0 Å². The topological polar surface area (TPSA) is 130 Å². The highest BCUT2D eigenvalue weighted by Crippen LogP contribution is 2.13. The second-order valence-electron chi connectivity index (χ2n) is 4.83. The first-order valence-corrected chi connectivity index (χ1v) is 6.76. The third-order valence-corrected chi connectivity index (χ3v) is 3.39. The molecule has 0 fully saturated rings. The number of nitrogens with zero attached hydrogens (tertiary/aromatic N) is 5. The van der Waals surface area contributed by atoms with Gasteiger partial charge in [0.25, 0.3) is 11.2 Å². The van der Waals surface area contributed by atoms with Gasteiger partial charge in [-0.15, -0.1) is 0 Å². The molecule has 2 aromatic heterocycles. The van der Waals surface area contributed by atoms with E-state index in [0.717, 1.165) is 5.56 Å². The summed E-state index contributed by atoms with van der Waals surface area (Å²) >= 11 is 0. The second kappa shape index (κ2) is 5.79. The van der Waals surface area contributed by atoms with E-state index in [1.807, 2.05) is 0 Å². The van der Waals surface area contributed by atoms with Gasteiger partial charge < -0.3 is 5.73 Å². The number of hydrogen-bond donors (Lipinski definition) is 1. The highest BCUT2D eigenvalue weighted by atomic mass is 16.6. The molecule has 0 amide bonds. The van der Waals surface area contributed by atoms with E-state index in [0.29, 0.717) is 13.0 Å². The van der Waals surface area contributed by atoms with Crippen molar-refractivity contribution in [1.82, 2.24) is 19.5 Å². The van der Waals surface area contributed by atoms with Crippen molar-refractivity contribution in [3.8, 4) is 0 Å². The largest absolute Gasteiger partial charge is 0.369 e. The lowest BCUT2D eigenvalue weighted by Crippen LogP contribution is -2.26. The number of aryl methyl sites for hydroxylation is 1. The molecule has 116 valence electrons. The highest BCUT2D eigenvalue weighted by Gasteiger charge is 2.11. The molecule has 0 aliphatic carbocycles. The van der Waals surface area contributed by atoms with Crippen LogP contribution in [0, 0.1) is 10.1 Å². The zero-order valence-corrected chi connectivity index (χ0v) is 11.9. The zero-order chi connectivity index (χ0) is 16.4. The molecule has 9 heteroatoms. The Balaban J connectivity index is 1.87. The molecule has 3 rings (SSSR count). The summed E-state index contributed by atoms with van der Waals surface area (Å²) in [6.07, 6.45) is 3.34. The molecule has 0 aliphatic rings. The van der Waals surface area contributed by atoms with Crippen LogP contribution in [0.1, 0.15) is 5.56 Å². The first-order valence-electron chi connectivity index (χ1n) is 6.76. The average Bonchev–Trinajstić information content (AvgIpc) is 2.55. The smallest absolute Gasteiger partial charge is 0.283 e. The molecule has 0 atom stereocenters.